The highest BCUT2D eigenvalue weighted by Gasteiger charge is 2.60. The smallest absolute Gasteiger partial charge is 0.403 e. The molecule has 2 atom stereocenters. The third-order valence-electron chi connectivity index (χ3n) is 5.20. The summed E-state index contributed by atoms with van der Waals surface area (Å²) >= 11 is 0. The maximum Gasteiger partial charge on any atom is 0.466 e. The molecule has 0 saturated carbocycles. The molecule has 2 aliphatic heterocycles. The molecule has 6 heteroatoms. The fourth-order valence-corrected chi connectivity index (χ4v) is 3.16. The van der Waals surface area contributed by atoms with E-state index in [1.165, 1.54) is 0 Å². The zero-order valence-electron chi connectivity index (χ0n) is 14.9. The van der Waals surface area contributed by atoms with Gasteiger partial charge in [0.1, 0.15) is 6.23 Å². The van der Waals surface area contributed by atoms with Crippen LogP contribution < -0.4 is 0 Å². The zero-order chi connectivity index (χ0) is 16.1. The van der Waals surface area contributed by atoms with E-state index in [1.807, 2.05) is 6.92 Å². The first kappa shape index (κ1) is 17.2. The lowest BCUT2D eigenvalue weighted by atomic mass is 9.59. The standard InChI is InChI=1S/C15H31BN2O3/c1-9-19-12(2)18-11-15(7,10-17(18)8)16-20-13(3,4)14(5,6)21-16/h12H,9-11H2,1-8H3. The molecule has 5 nitrogen and oxygen atoms in total. The van der Waals surface area contributed by atoms with Crippen molar-refractivity contribution in [2.45, 2.75) is 71.2 Å². The predicted molar refractivity (Wildman–Crippen MR) is 84.9 cm³/mol. The normalized spacial score (nSPS) is 34.6. The van der Waals surface area contributed by atoms with Gasteiger partial charge in [0.15, 0.2) is 0 Å². The molecule has 2 aliphatic rings. The van der Waals surface area contributed by atoms with Crippen molar-refractivity contribution in [1.82, 2.24) is 10.0 Å². The molecule has 2 saturated heterocycles. The molecule has 0 N–H and O–H groups in total. The van der Waals surface area contributed by atoms with Crippen molar-refractivity contribution in [3.8, 4) is 0 Å². The lowest BCUT2D eigenvalue weighted by Gasteiger charge is -2.32. The Bertz CT molecular complexity index is 375. The molecule has 0 amide bonds. The number of rotatable bonds is 4. The summed E-state index contributed by atoms with van der Waals surface area (Å²) in [7, 11) is 1.91. The van der Waals surface area contributed by atoms with Crippen molar-refractivity contribution >= 4 is 7.12 Å². The quantitative estimate of drug-likeness (QED) is 0.744. The van der Waals surface area contributed by atoms with Gasteiger partial charge in [0.25, 0.3) is 0 Å². The molecule has 21 heavy (non-hydrogen) atoms. The van der Waals surface area contributed by atoms with Crippen molar-refractivity contribution in [2.75, 3.05) is 26.7 Å². The molecule has 122 valence electrons. The lowest BCUT2D eigenvalue weighted by molar-refractivity contribution is -0.119. The van der Waals surface area contributed by atoms with Gasteiger partial charge in [0, 0.05) is 32.1 Å². The van der Waals surface area contributed by atoms with E-state index in [2.05, 4.69) is 58.6 Å². The van der Waals surface area contributed by atoms with E-state index in [4.69, 9.17) is 14.0 Å². The Kier molecular flexibility index (Phi) is 4.51. The van der Waals surface area contributed by atoms with E-state index < -0.39 is 0 Å². The van der Waals surface area contributed by atoms with E-state index in [0.717, 1.165) is 19.7 Å². The number of hydrazine groups is 1. The SMILES string of the molecule is CCOC(C)N1CC(C)(B2OC(C)(C)C(C)(C)O2)CN1C. The minimum atomic E-state index is -0.280. The summed E-state index contributed by atoms with van der Waals surface area (Å²) in [6, 6.07) is 0. The van der Waals surface area contributed by atoms with Gasteiger partial charge in [-0.3, -0.25) is 0 Å². The minimum Gasteiger partial charge on any atom is -0.403 e. The van der Waals surface area contributed by atoms with Gasteiger partial charge in [-0.2, -0.15) is 0 Å². The van der Waals surface area contributed by atoms with E-state index in [1.54, 1.807) is 0 Å². The van der Waals surface area contributed by atoms with Gasteiger partial charge >= 0.3 is 7.12 Å². The molecule has 2 fully saturated rings. The van der Waals surface area contributed by atoms with Crippen LogP contribution in [0.4, 0.5) is 0 Å². The largest absolute Gasteiger partial charge is 0.466 e. The molecule has 0 radical (unpaired) electrons. The molecule has 0 aromatic rings. The van der Waals surface area contributed by atoms with E-state index >= 15 is 0 Å². The van der Waals surface area contributed by atoms with Gasteiger partial charge in [0.05, 0.1) is 11.2 Å². The second-order valence-electron chi connectivity index (χ2n) is 7.71. The maximum absolute atomic E-state index is 6.27. The molecule has 0 aromatic heterocycles. The molecule has 0 spiro atoms. The molecule has 2 heterocycles. The maximum atomic E-state index is 6.27. The van der Waals surface area contributed by atoms with Crippen LogP contribution in [0.15, 0.2) is 0 Å². The average Bonchev–Trinajstić information content (AvgIpc) is 2.75. The first-order valence-corrected chi connectivity index (χ1v) is 7.97. The molecular formula is C15H31BN2O3. The molecule has 2 rings (SSSR count). The topological polar surface area (TPSA) is 34.2 Å². The number of hydrogen-bond donors (Lipinski definition) is 0. The summed E-state index contributed by atoms with van der Waals surface area (Å²) in [5.74, 6) is 0. The van der Waals surface area contributed by atoms with Crippen LogP contribution in [0, 0.1) is 0 Å². The highest BCUT2D eigenvalue weighted by Crippen LogP contribution is 2.48. The summed E-state index contributed by atoms with van der Waals surface area (Å²) in [5.41, 5.74) is -0.559. The van der Waals surface area contributed by atoms with Crippen molar-refractivity contribution < 1.29 is 14.0 Å². The van der Waals surface area contributed by atoms with Gasteiger partial charge in [-0.05, 0) is 41.5 Å². The highest BCUT2D eigenvalue weighted by molar-refractivity contribution is 6.50. The molecule has 2 unspecified atom stereocenters. The third kappa shape index (κ3) is 3.01. The Balaban J connectivity index is 2.11. The Morgan fingerprint density at radius 2 is 1.62 bits per heavy atom. The summed E-state index contributed by atoms with van der Waals surface area (Å²) < 4.78 is 18.3. The summed E-state index contributed by atoms with van der Waals surface area (Å²) in [4.78, 5) is 0. The molecular weight excluding hydrogens is 267 g/mol. The van der Waals surface area contributed by atoms with Gasteiger partial charge in [-0.1, -0.05) is 6.92 Å². The lowest BCUT2D eigenvalue weighted by Crippen LogP contribution is -2.42. The number of nitrogens with zero attached hydrogens (tertiary/aromatic N) is 2. The highest BCUT2D eigenvalue weighted by atomic mass is 16.7. The first-order valence-electron chi connectivity index (χ1n) is 7.97. The van der Waals surface area contributed by atoms with Gasteiger partial charge in [-0.25, -0.2) is 10.0 Å². The molecule has 0 aromatic carbocycles. The van der Waals surface area contributed by atoms with Crippen LogP contribution in [0.1, 0.15) is 48.5 Å². The minimum absolute atomic E-state index is 0.0643. The van der Waals surface area contributed by atoms with Gasteiger partial charge in [-0.15, -0.1) is 0 Å². The second-order valence-corrected chi connectivity index (χ2v) is 7.71. The van der Waals surface area contributed by atoms with E-state index in [0.29, 0.717) is 0 Å². The Hall–Kier alpha value is -0.135. The number of hydrogen-bond acceptors (Lipinski definition) is 5. The summed E-state index contributed by atoms with van der Waals surface area (Å²) in [6.07, 6.45) is 0.0734. The summed E-state index contributed by atoms with van der Waals surface area (Å²) in [5, 5.41) is 4.42. The zero-order valence-corrected chi connectivity index (χ0v) is 14.9. The van der Waals surface area contributed by atoms with Crippen molar-refractivity contribution in [1.29, 1.82) is 0 Å². The predicted octanol–water partition coefficient (Wildman–Crippen LogP) is 2.38. The van der Waals surface area contributed by atoms with Gasteiger partial charge in [0.2, 0.25) is 0 Å². The Labute approximate surface area is 130 Å². The third-order valence-corrected chi connectivity index (χ3v) is 5.20. The van der Waals surface area contributed by atoms with Crippen LogP contribution in [-0.2, 0) is 14.0 Å². The van der Waals surface area contributed by atoms with Crippen LogP contribution in [0.2, 0.25) is 5.31 Å². The van der Waals surface area contributed by atoms with Crippen LogP contribution in [0.5, 0.6) is 0 Å². The number of ether oxygens (including phenoxy) is 1. The second kappa shape index (κ2) is 5.50. The van der Waals surface area contributed by atoms with Crippen LogP contribution in [0.25, 0.3) is 0 Å². The van der Waals surface area contributed by atoms with Crippen LogP contribution >= 0.6 is 0 Å². The van der Waals surface area contributed by atoms with Crippen LogP contribution in [0.3, 0.4) is 0 Å². The van der Waals surface area contributed by atoms with Crippen molar-refractivity contribution in [3.05, 3.63) is 0 Å². The molecule has 0 bridgehead atoms. The van der Waals surface area contributed by atoms with Gasteiger partial charge < -0.3 is 14.0 Å². The van der Waals surface area contributed by atoms with Crippen LogP contribution in [-0.4, -0.2) is 61.3 Å². The Morgan fingerprint density at radius 1 is 1.10 bits per heavy atom. The fraction of sp³-hybridized carbons (Fsp3) is 1.00. The van der Waals surface area contributed by atoms with Crippen molar-refractivity contribution in [2.24, 2.45) is 0 Å². The first-order chi connectivity index (χ1) is 9.52. The molecule has 0 aliphatic carbocycles. The summed E-state index contributed by atoms with van der Waals surface area (Å²) in [6.45, 7) is 17.3. The van der Waals surface area contributed by atoms with E-state index in [9.17, 15) is 0 Å². The monoisotopic (exact) mass is 298 g/mol. The average molecular weight is 298 g/mol. The van der Waals surface area contributed by atoms with Crippen molar-refractivity contribution in [3.63, 3.8) is 0 Å². The van der Waals surface area contributed by atoms with E-state index in [-0.39, 0.29) is 29.9 Å². The fourth-order valence-electron chi connectivity index (χ4n) is 3.16. The Morgan fingerprint density at radius 3 is 2.10 bits per heavy atom.